The molecule has 1 N–H and O–H groups in total. The normalized spacial score (nSPS) is 39.6. The van der Waals surface area contributed by atoms with Crippen LogP contribution >= 0.6 is 11.6 Å². The van der Waals surface area contributed by atoms with Crippen LogP contribution in [0.1, 0.15) is 13.8 Å². The Balaban J connectivity index is 2.84. The SMILES string of the molecule is CC1=CC(Cl)C(C)(O)C=C1. The summed E-state index contributed by atoms with van der Waals surface area (Å²) in [6.45, 7) is 3.66. The van der Waals surface area contributed by atoms with Crippen LogP contribution in [0.4, 0.5) is 0 Å². The predicted molar refractivity (Wildman–Crippen MR) is 43.2 cm³/mol. The summed E-state index contributed by atoms with van der Waals surface area (Å²) >= 11 is 5.83. The predicted octanol–water partition coefficient (Wildman–Crippen LogP) is 1.86. The van der Waals surface area contributed by atoms with Gasteiger partial charge in [0.15, 0.2) is 0 Å². The minimum absolute atomic E-state index is 0.294. The van der Waals surface area contributed by atoms with Gasteiger partial charge in [0.1, 0.15) is 5.60 Å². The van der Waals surface area contributed by atoms with Crippen molar-refractivity contribution in [1.29, 1.82) is 0 Å². The molecular weight excluding hydrogens is 148 g/mol. The van der Waals surface area contributed by atoms with Crippen molar-refractivity contribution in [2.45, 2.75) is 24.8 Å². The molecule has 1 rings (SSSR count). The summed E-state index contributed by atoms with van der Waals surface area (Å²) in [5.41, 5.74) is 0.229. The second-order valence-electron chi connectivity index (χ2n) is 2.87. The Labute approximate surface area is 66.0 Å². The van der Waals surface area contributed by atoms with E-state index in [1.807, 2.05) is 19.1 Å². The fourth-order valence-electron chi connectivity index (χ4n) is 0.847. The molecule has 0 bridgehead atoms. The van der Waals surface area contributed by atoms with Crippen molar-refractivity contribution < 1.29 is 5.11 Å². The molecule has 1 aliphatic rings. The summed E-state index contributed by atoms with van der Waals surface area (Å²) in [6, 6.07) is 0. The van der Waals surface area contributed by atoms with Crippen LogP contribution in [-0.4, -0.2) is 16.1 Å². The van der Waals surface area contributed by atoms with Crippen molar-refractivity contribution in [3.05, 3.63) is 23.8 Å². The number of rotatable bonds is 0. The molecule has 56 valence electrons. The van der Waals surface area contributed by atoms with Crippen LogP contribution in [0.25, 0.3) is 0 Å². The van der Waals surface area contributed by atoms with Gasteiger partial charge in [0, 0.05) is 0 Å². The van der Waals surface area contributed by atoms with E-state index >= 15 is 0 Å². The molecule has 0 aromatic rings. The van der Waals surface area contributed by atoms with Crippen molar-refractivity contribution in [3.8, 4) is 0 Å². The first kappa shape index (κ1) is 7.83. The lowest BCUT2D eigenvalue weighted by Crippen LogP contribution is -2.33. The van der Waals surface area contributed by atoms with Gasteiger partial charge in [-0.15, -0.1) is 11.6 Å². The summed E-state index contributed by atoms with van der Waals surface area (Å²) in [6.07, 6.45) is 5.44. The zero-order valence-electron chi connectivity index (χ0n) is 6.13. The lowest BCUT2D eigenvalue weighted by Gasteiger charge is -2.25. The van der Waals surface area contributed by atoms with Gasteiger partial charge in [0.2, 0.25) is 0 Å². The summed E-state index contributed by atoms with van der Waals surface area (Å²) in [5.74, 6) is 0. The topological polar surface area (TPSA) is 20.2 Å². The third-order valence-electron chi connectivity index (χ3n) is 1.65. The number of aliphatic hydroxyl groups is 1. The highest BCUT2D eigenvalue weighted by Crippen LogP contribution is 2.24. The Morgan fingerprint density at radius 3 is 2.70 bits per heavy atom. The number of allylic oxidation sites excluding steroid dienone is 2. The molecule has 0 aromatic carbocycles. The highest BCUT2D eigenvalue weighted by molar-refractivity contribution is 6.22. The molecule has 0 aliphatic heterocycles. The average Bonchev–Trinajstić information content (AvgIpc) is 1.81. The van der Waals surface area contributed by atoms with Crippen LogP contribution in [0.2, 0.25) is 0 Å². The Bertz CT molecular complexity index is 191. The number of alkyl halides is 1. The van der Waals surface area contributed by atoms with Crippen LogP contribution in [0.15, 0.2) is 23.8 Å². The van der Waals surface area contributed by atoms with Gasteiger partial charge in [-0.2, -0.15) is 0 Å². The lowest BCUT2D eigenvalue weighted by molar-refractivity contribution is 0.117. The zero-order valence-corrected chi connectivity index (χ0v) is 6.89. The fourth-order valence-corrected chi connectivity index (χ4v) is 1.12. The molecule has 10 heavy (non-hydrogen) atoms. The van der Waals surface area contributed by atoms with Crippen molar-refractivity contribution >= 4 is 11.6 Å². The minimum atomic E-state index is -0.874. The second-order valence-corrected chi connectivity index (χ2v) is 3.34. The molecule has 0 saturated heterocycles. The third-order valence-corrected chi connectivity index (χ3v) is 2.22. The number of halogens is 1. The maximum atomic E-state index is 9.50. The standard InChI is InChI=1S/C8H11ClO/c1-6-3-4-8(2,10)7(9)5-6/h3-5,7,10H,1-2H3. The highest BCUT2D eigenvalue weighted by atomic mass is 35.5. The van der Waals surface area contributed by atoms with E-state index in [1.165, 1.54) is 0 Å². The Kier molecular flexibility index (Phi) is 1.88. The van der Waals surface area contributed by atoms with Gasteiger partial charge in [-0.25, -0.2) is 0 Å². The van der Waals surface area contributed by atoms with Crippen molar-refractivity contribution in [2.24, 2.45) is 0 Å². The van der Waals surface area contributed by atoms with Gasteiger partial charge in [-0.3, -0.25) is 0 Å². The highest BCUT2D eigenvalue weighted by Gasteiger charge is 2.27. The van der Waals surface area contributed by atoms with Gasteiger partial charge in [-0.1, -0.05) is 23.8 Å². The van der Waals surface area contributed by atoms with Gasteiger partial charge in [0.05, 0.1) is 5.38 Å². The smallest absolute Gasteiger partial charge is 0.100 e. The number of hydrogen-bond donors (Lipinski definition) is 1. The van der Waals surface area contributed by atoms with Gasteiger partial charge in [0.25, 0.3) is 0 Å². The maximum Gasteiger partial charge on any atom is 0.100 e. The third kappa shape index (κ3) is 1.41. The summed E-state index contributed by atoms with van der Waals surface area (Å²) in [4.78, 5) is 0. The van der Waals surface area contributed by atoms with Crippen molar-refractivity contribution in [2.75, 3.05) is 0 Å². The van der Waals surface area contributed by atoms with Crippen LogP contribution in [-0.2, 0) is 0 Å². The lowest BCUT2D eigenvalue weighted by atomic mass is 9.94. The van der Waals surface area contributed by atoms with E-state index in [9.17, 15) is 5.11 Å². The van der Waals surface area contributed by atoms with Gasteiger partial charge < -0.3 is 5.11 Å². The minimum Gasteiger partial charge on any atom is -0.384 e. The molecule has 1 nitrogen and oxygen atoms in total. The van der Waals surface area contributed by atoms with E-state index < -0.39 is 5.60 Å². The van der Waals surface area contributed by atoms with Crippen LogP contribution < -0.4 is 0 Å². The van der Waals surface area contributed by atoms with Gasteiger partial charge >= 0.3 is 0 Å². The van der Waals surface area contributed by atoms with Gasteiger partial charge in [-0.05, 0) is 13.8 Å². The zero-order chi connectivity index (χ0) is 7.78. The monoisotopic (exact) mass is 158 g/mol. The molecular formula is C8H11ClO. The van der Waals surface area contributed by atoms with E-state index in [2.05, 4.69) is 0 Å². The molecule has 0 radical (unpaired) electrons. The Morgan fingerprint density at radius 1 is 1.70 bits per heavy atom. The Hall–Kier alpha value is -0.270. The van der Waals surface area contributed by atoms with Crippen LogP contribution in [0.5, 0.6) is 0 Å². The van der Waals surface area contributed by atoms with Crippen LogP contribution in [0.3, 0.4) is 0 Å². The van der Waals surface area contributed by atoms with Crippen LogP contribution in [0, 0.1) is 0 Å². The van der Waals surface area contributed by atoms with E-state index in [-0.39, 0.29) is 5.38 Å². The molecule has 0 saturated carbocycles. The van der Waals surface area contributed by atoms with E-state index in [4.69, 9.17) is 11.6 Å². The quantitative estimate of drug-likeness (QED) is 0.534. The molecule has 2 heteroatoms. The summed E-state index contributed by atoms with van der Waals surface area (Å²) < 4.78 is 0. The Morgan fingerprint density at radius 2 is 2.30 bits per heavy atom. The molecule has 0 aromatic heterocycles. The molecule has 0 heterocycles. The number of hydrogen-bond acceptors (Lipinski definition) is 1. The molecule has 2 atom stereocenters. The second kappa shape index (κ2) is 2.40. The average molecular weight is 159 g/mol. The van der Waals surface area contributed by atoms with Crippen molar-refractivity contribution in [3.63, 3.8) is 0 Å². The van der Waals surface area contributed by atoms with E-state index in [0.717, 1.165) is 5.57 Å². The molecule has 0 amide bonds. The summed E-state index contributed by atoms with van der Waals surface area (Å²) in [5, 5.41) is 9.20. The fraction of sp³-hybridized carbons (Fsp3) is 0.500. The summed E-state index contributed by atoms with van der Waals surface area (Å²) in [7, 11) is 0. The first-order valence-corrected chi connectivity index (χ1v) is 3.70. The first-order chi connectivity index (χ1) is 4.52. The largest absolute Gasteiger partial charge is 0.384 e. The first-order valence-electron chi connectivity index (χ1n) is 3.26. The molecule has 0 fully saturated rings. The molecule has 0 spiro atoms. The van der Waals surface area contributed by atoms with E-state index in [1.54, 1.807) is 13.0 Å². The molecule has 2 unspecified atom stereocenters. The van der Waals surface area contributed by atoms with E-state index in [0.29, 0.717) is 0 Å². The molecule has 1 aliphatic carbocycles. The van der Waals surface area contributed by atoms with Crippen molar-refractivity contribution in [1.82, 2.24) is 0 Å². The maximum absolute atomic E-state index is 9.50.